The molecule has 2 aromatic heterocycles. The Balaban J connectivity index is 1.83. The minimum Gasteiger partial charge on any atom is -0.493 e. The Morgan fingerprint density at radius 3 is 2.58 bits per heavy atom. The minimum absolute atomic E-state index is 0.0115. The van der Waals surface area contributed by atoms with Crippen molar-refractivity contribution in [1.29, 1.82) is 0 Å². The van der Waals surface area contributed by atoms with Gasteiger partial charge in [0.05, 0.1) is 54.1 Å². The van der Waals surface area contributed by atoms with Crippen LogP contribution < -0.4 is 14.8 Å². The number of pyridine rings is 1. The summed E-state index contributed by atoms with van der Waals surface area (Å²) >= 11 is 0. The zero-order valence-corrected chi connectivity index (χ0v) is 22.2. The number of aryl methyl sites for hydroxylation is 1. The lowest BCUT2D eigenvalue weighted by molar-refractivity contribution is 0.0954. The summed E-state index contributed by atoms with van der Waals surface area (Å²) in [4.78, 5) is 20.3. The molecule has 36 heavy (non-hydrogen) atoms. The monoisotopic (exact) mass is 515 g/mol. The molecular formula is C25H33N5O5S. The molecular weight excluding hydrogens is 482 g/mol. The molecule has 11 heteroatoms. The van der Waals surface area contributed by atoms with Crippen LogP contribution in [0.3, 0.4) is 0 Å². The lowest BCUT2D eigenvalue weighted by Gasteiger charge is -2.14. The largest absolute Gasteiger partial charge is 0.493 e. The molecule has 194 valence electrons. The summed E-state index contributed by atoms with van der Waals surface area (Å²) in [6, 6.07) is 6.87. The number of aromatic nitrogens is 3. The highest BCUT2D eigenvalue weighted by Crippen LogP contribution is 2.35. The van der Waals surface area contributed by atoms with Crippen molar-refractivity contribution >= 4 is 26.8 Å². The van der Waals surface area contributed by atoms with Gasteiger partial charge in [-0.05, 0) is 64.7 Å². The molecule has 1 amide bonds. The Labute approximate surface area is 211 Å². The van der Waals surface area contributed by atoms with E-state index in [0.717, 1.165) is 18.5 Å². The van der Waals surface area contributed by atoms with E-state index in [1.54, 1.807) is 37.1 Å². The molecule has 10 nitrogen and oxygen atoms in total. The number of carbonyl (C=O) groups is 1. The van der Waals surface area contributed by atoms with E-state index in [1.807, 2.05) is 27.1 Å². The van der Waals surface area contributed by atoms with Crippen LogP contribution in [0.4, 0.5) is 0 Å². The average molecular weight is 516 g/mol. The summed E-state index contributed by atoms with van der Waals surface area (Å²) in [5.74, 6) is 1.03. The Hall–Kier alpha value is -3.18. The molecule has 1 aliphatic heterocycles. The summed E-state index contributed by atoms with van der Waals surface area (Å²) in [6.07, 6.45) is 1.28. The summed E-state index contributed by atoms with van der Waals surface area (Å²) < 4.78 is 36.9. The van der Waals surface area contributed by atoms with Crippen LogP contribution >= 0.6 is 0 Å². The van der Waals surface area contributed by atoms with Crippen molar-refractivity contribution < 1.29 is 22.7 Å². The molecule has 0 saturated carbocycles. The molecule has 1 aromatic carbocycles. The van der Waals surface area contributed by atoms with Crippen LogP contribution in [0, 0.1) is 6.92 Å². The molecule has 1 atom stereocenters. The van der Waals surface area contributed by atoms with Gasteiger partial charge in [0.15, 0.2) is 27.0 Å². The first-order valence-electron chi connectivity index (χ1n) is 11.9. The number of carbonyl (C=O) groups excluding carboxylic acids is 1. The fourth-order valence-electron chi connectivity index (χ4n) is 4.55. The molecule has 1 fully saturated rings. The number of fused-ring (bicyclic) bond motifs is 1. The van der Waals surface area contributed by atoms with Gasteiger partial charge in [0.25, 0.3) is 5.91 Å². The van der Waals surface area contributed by atoms with Crippen LogP contribution in [0.5, 0.6) is 11.5 Å². The highest BCUT2D eigenvalue weighted by molar-refractivity contribution is 7.91. The van der Waals surface area contributed by atoms with Gasteiger partial charge in [-0.1, -0.05) is 0 Å². The van der Waals surface area contributed by atoms with Crippen LogP contribution in [-0.2, 0) is 9.84 Å². The standard InChI is InChI=1S/C25H33N5O5S/c1-16-23-19(25(31)26-10-6-11-29(2)3)14-20(17-7-8-21(34-4)22(13-17)35-5)27-24(23)30(28-16)18-9-12-36(32,33)15-18/h7-8,13-14,18H,6,9-12,15H2,1-5H3,(H,26,31). The first kappa shape index (κ1) is 25.9. The van der Waals surface area contributed by atoms with Gasteiger partial charge >= 0.3 is 0 Å². The Morgan fingerprint density at radius 1 is 1.19 bits per heavy atom. The molecule has 0 aliphatic carbocycles. The molecule has 1 N–H and O–H groups in total. The lowest BCUT2D eigenvalue weighted by Crippen LogP contribution is -2.27. The molecule has 1 unspecified atom stereocenters. The highest BCUT2D eigenvalue weighted by atomic mass is 32.2. The highest BCUT2D eigenvalue weighted by Gasteiger charge is 2.32. The van der Waals surface area contributed by atoms with Crippen molar-refractivity contribution in [3.8, 4) is 22.8 Å². The van der Waals surface area contributed by atoms with Crippen LogP contribution in [-0.4, -0.2) is 86.9 Å². The maximum Gasteiger partial charge on any atom is 0.252 e. The summed E-state index contributed by atoms with van der Waals surface area (Å²) in [6.45, 7) is 3.21. The van der Waals surface area contributed by atoms with Crippen LogP contribution in [0.25, 0.3) is 22.3 Å². The third-order valence-electron chi connectivity index (χ3n) is 6.38. The third-order valence-corrected chi connectivity index (χ3v) is 8.13. The second-order valence-electron chi connectivity index (χ2n) is 9.32. The van der Waals surface area contributed by atoms with Gasteiger partial charge in [0.2, 0.25) is 0 Å². The normalized spacial score (nSPS) is 17.0. The van der Waals surface area contributed by atoms with Gasteiger partial charge in [-0.2, -0.15) is 5.10 Å². The van der Waals surface area contributed by atoms with E-state index in [4.69, 9.17) is 14.5 Å². The Morgan fingerprint density at radius 2 is 1.94 bits per heavy atom. The van der Waals surface area contributed by atoms with E-state index in [-0.39, 0.29) is 23.5 Å². The lowest BCUT2D eigenvalue weighted by atomic mass is 10.0. The predicted octanol–water partition coefficient (Wildman–Crippen LogP) is 2.47. The first-order valence-corrected chi connectivity index (χ1v) is 13.7. The van der Waals surface area contributed by atoms with Gasteiger partial charge < -0.3 is 19.7 Å². The van der Waals surface area contributed by atoms with E-state index in [9.17, 15) is 13.2 Å². The number of benzene rings is 1. The molecule has 4 rings (SSSR count). The van der Waals surface area contributed by atoms with Crippen molar-refractivity contribution in [1.82, 2.24) is 25.0 Å². The van der Waals surface area contributed by atoms with Crippen molar-refractivity contribution in [2.24, 2.45) is 0 Å². The summed E-state index contributed by atoms with van der Waals surface area (Å²) in [7, 11) is 3.97. The zero-order valence-electron chi connectivity index (χ0n) is 21.4. The SMILES string of the molecule is COc1ccc(-c2cc(C(=O)NCCCN(C)C)c3c(C)nn(C4CCS(=O)(=O)C4)c3n2)cc1OC. The summed E-state index contributed by atoms with van der Waals surface area (Å²) in [5.41, 5.74) is 2.89. The number of ether oxygens (including phenoxy) is 2. The Kier molecular flexibility index (Phi) is 7.51. The topological polar surface area (TPSA) is 116 Å². The van der Waals surface area contributed by atoms with E-state index in [1.165, 1.54) is 0 Å². The minimum atomic E-state index is -3.13. The second kappa shape index (κ2) is 10.4. The fraction of sp³-hybridized carbons (Fsp3) is 0.480. The van der Waals surface area contributed by atoms with E-state index in [0.29, 0.717) is 52.4 Å². The van der Waals surface area contributed by atoms with Gasteiger partial charge in [-0.15, -0.1) is 0 Å². The van der Waals surface area contributed by atoms with Crippen molar-refractivity contribution in [2.75, 3.05) is 52.9 Å². The number of nitrogens with zero attached hydrogens (tertiary/aromatic N) is 4. The second-order valence-corrected chi connectivity index (χ2v) is 11.6. The number of amides is 1. The van der Waals surface area contributed by atoms with Gasteiger partial charge in [-0.25, -0.2) is 18.1 Å². The van der Waals surface area contributed by atoms with Gasteiger partial charge in [0.1, 0.15) is 0 Å². The number of rotatable bonds is 9. The van der Waals surface area contributed by atoms with Crippen LogP contribution in [0.1, 0.15) is 34.9 Å². The maximum atomic E-state index is 13.4. The summed E-state index contributed by atoms with van der Waals surface area (Å²) in [5, 5.41) is 8.30. The molecule has 1 saturated heterocycles. The molecule has 3 aromatic rings. The van der Waals surface area contributed by atoms with Crippen LogP contribution in [0.2, 0.25) is 0 Å². The zero-order chi connectivity index (χ0) is 26.0. The number of hydrogen-bond donors (Lipinski definition) is 1. The number of nitrogens with one attached hydrogen (secondary N) is 1. The smallest absolute Gasteiger partial charge is 0.252 e. The van der Waals surface area contributed by atoms with Crippen molar-refractivity contribution in [2.45, 2.75) is 25.8 Å². The molecule has 0 radical (unpaired) electrons. The molecule has 3 heterocycles. The van der Waals surface area contributed by atoms with Gasteiger partial charge in [0, 0.05) is 12.1 Å². The van der Waals surface area contributed by atoms with Crippen molar-refractivity contribution in [3.05, 3.63) is 35.5 Å². The number of hydrogen-bond acceptors (Lipinski definition) is 8. The number of methoxy groups -OCH3 is 2. The van der Waals surface area contributed by atoms with E-state index in [2.05, 4.69) is 15.3 Å². The average Bonchev–Trinajstić information content (AvgIpc) is 3.39. The Bertz CT molecular complexity index is 1380. The van der Waals surface area contributed by atoms with Crippen molar-refractivity contribution in [3.63, 3.8) is 0 Å². The third kappa shape index (κ3) is 5.31. The predicted molar refractivity (Wildman–Crippen MR) is 139 cm³/mol. The van der Waals surface area contributed by atoms with Crippen LogP contribution in [0.15, 0.2) is 24.3 Å². The fourth-order valence-corrected chi connectivity index (χ4v) is 6.24. The van der Waals surface area contributed by atoms with E-state index < -0.39 is 9.84 Å². The van der Waals surface area contributed by atoms with Gasteiger partial charge in [-0.3, -0.25) is 4.79 Å². The van der Waals surface area contributed by atoms with E-state index >= 15 is 0 Å². The first-order chi connectivity index (χ1) is 17.1. The molecule has 0 bridgehead atoms. The number of sulfone groups is 1. The maximum absolute atomic E-state index is 13.4. The quantitative estimate of drug-likeness (QED) is 0.432. The molecule has 1 aliphatic rings. The molecule has 0 spiro atoms.